The van der Waals surface area contributed by atoms with Gasteiger partial charge < -0.3 is 10.1 Å². The molecule has 26 heavy (non-hydrogen) atoms. The van der Waals surface area contributed by atoms with E-state index in [-0.39, 0.29) is 18.9 Å². The van der Waals surface area contributed by atoms with Crippen molar-refractivity contribution in [2.24, 2.45) is 0 Å². The Morgan fingerprint density at radius 3 is 2.50 bits per heavy atom. The van der Waals surface area contributed by atoms with Gasteiger partial charge >= 0.3 is 0 Å². The molecule has 2 aromatic carbocycles. The van der Waals surface area contributed by atoms with Crippen LogP contribution in [0.3, 0.4) is 0 Å². The van der Waals surface area contributed by atoms with E-state index < -0.39 is 10.0 Å². The molecule has 8 heteroatoms. The van der Waals surface area contributed by atoms with Crippen molar-refractivity contribution < 1.29 is 17.9 Å². The van der Waals surface area contributed by atoms with Crippen LogP contribution in [0.1, 0.15) is 12.8 Å². The van der Waals surface area contributed by atoms with E-state index >= 15 is 0 Å². The van der Waals surface area contributed by atoms with Crippen molar-refractivity contribution >= 4 is 38.9 Å². The summed E-state index contributed by atoms with van der Waals surface area (Å²) in [4.78, 5) is 12.0. The van der Waals surface area contributed by atoms with E-state index in [1.165, 1.54) is 11.4 Å². The van der Waals surface area contributed by atoms with Crippen LogP contribution in [0.25, 0.3) is 0 Å². The van der Waals surface area contributed by atoms with E-state index in [0.29, 0.717) is 28.6 Å². The quantitative estimate of drug-likeness (QED) is 0.740. The van der Waals surface area contributed by atoms with Crippen molar-refractivity contribution in [2.45, 2.75) is 12.8 Å². The SMILES string of the molecule is COc1cccc(N(CCCC(=O)Nc2ccc(Cl)cc2)S(C)(=O)=O)c1. The summed E-state index contributed by atoms with van der Waals surface area (Å²) in [5, 5.41) is 3.34. The Morgan fingerprint density at radius 1 is 1.19 bits per heavy atom. The molecule has 0 unspecified atom stereocenters. The fourth-order valence-electron chi connectivity index (χ4n) is 2.39. The van der Waals surface area contributed by atoms with E-state index in [1.54, 1.807) is 48.5 Å². The molecule has 0 aliphatic heterocycles. The average Bonchev–Trinajstić information content (AvgIpc) is 2.59. The molecule has 0 fully saturated rings. The highest BCUT2D eigenvalue weighted by atomic mass is 35.5. The normalized spacial score (nSPS) is 11.0. The zero-order valence-corrected chi connectivity index (χ0v) is 16.2. The Kier molecular flexibility index (Phi) is 6.88. The molecule has 0 radical (unpaired) electrons. The second kappa shape index (κ2) is 8.91. The number of nitrogens with zero attached hydrogens (tertiary/aromatic N) is 1. The molecule has 0 spiro atoms. The largest absolute Gasteiger partial charge is 0.497 e. The molecule has 1 N–H and O–H groups in total. The highest BCUT2D eigenvalue weighted by molar-refractivity contribution is 7.92. The van der Waals surface area contributed by atoms with Gasteiger partial charge in [0.15, 0.2) is 0 Å². The molecular formula is C18H21ClN2O4S. The van der Waals surface area contributed by atoms with E-state index in [1.807, 2.05) is 0 Å². The summed E-state index contributed by atoms with van der Waals surface area (Å²) in [6.45, 7) is 0.194. The molecule has 0 aliphatic rings. The van der Waals surface area contributed by atoms with Gasteiger partial charge in [0.1, 0.15) is 5.75 Å². The lowest BCUT2D eigenvalue weighted by Crippen LogP contribution is -2.31. The number of hydrogen-bond donors (Lipinski definition) is 1. The Bertz CT molecular complexity index is 854. The van der Waals surface area contributed by atoms with Gasteiger partial charge in [-0.15, -0.1) is 0 Å². The van der Waals surface area contributed by atoms with Crippen molar-refractivity contribution in [3.8, 4) is 5.75 Å². The fraction of sp³-hybridized carbons (Fsp3) is 0.278. The van der Waals surface area contributed by atoms with Crippen molar-refractivity contribution in [1.29, 1.82) is 0 Å². The summed E-state index contributed by atoms with van der Waals surface area (Å²) in [6.07, 6.45) is 1.71. The second-order valence-corrected chi connectivity index (χ2v) is 8.04. The van der Waals surface area contributed by atoms with E-state index in [9.17, 15) is 13.2 Å². The summed E-state index contributed by atoms with van der Waals surface area (Å²) < 4.78 is 30.6. The Balaban J connectivity index is 1.97. The maximum atomic E-state index is 12.1. The van der Waals surface area contributed by atoms with E-state index in [2.05, 4.69) is 5.32 Å². The molecule has 0 bridgehead atoms. The third-order valence-electron chi connectivity index (χ3n) is 3.63. The van der Waals surface area contributed by atoms with Crippen molar-refractivity contribution in [1.82, 2.24) is 0 Å². The van der Waals surface area contributed by atoms with Crippen LogP contribution in [0.2, 0.25) is 5.02 Å². The number of nitrogens with one attached hydrogen (secondary N) is 1. The number of halogens is 1. The third kappa shape index (κ3) is 5.93. The first-order chi connectivity index (χ1) is 12.3. The molecule has 0 heterocycles. The van der Waals surface area contributed by atoms with Gasteiger partial charge in [-0.2, -0.15) is 0 Å². The Hall–Kier alpha value is -2.25. The number of rotatable bonds is 8. The molecule has 0 aliphatic carbocycles. The summed E-state index contributed by atoms with van der Waals surface area (Å²) in [5.74, 6) is 0.378. The van der Waals surface area contributed by atoms with Crippen LogP contribution in [0.15, 0.2) is 48.5 Å². The van der Waals surface area contributed by atoms with Gasteiger partial charge in [-0.05, 0) is 42.8 Å². The first-order valence-corrected chi connectivity index (χ1v) is 10.2. The van der Waals surface area contributed by atoms with Crippen molar-refractivity contribution in [2.75, 3.05) is 29.5 Å². The molecule has 0 aromatic heterocycles. The van der Waals surface area contributed by atoms with E-state index in [0.717, 1.165) is 6.26 Å². The molecule has 0 saturated heterocycles. The van der Waals surface area contributed by atoms with Crippen LogP contribution in [-0.4, -0.2) is 34.2 Å². The maximum Gasteiger partial charge on any atom is 0.232 e. The summed E-state index contributed by atoms with van der Waals surface area (Å²) in [7, 11) is -1.95. The van der Waals surface area contributed by atoms with Gasteiger partial charge in [-0.3, -0.25) is 9.10 Å². The molecule has 2 rings (SSSR count). The molecular weight excluding hydrogens is 376 g/mol. The summed E-state index contributed by atoms with van der Waals surface area (Å²) >= 11 is 5.81. The third-order valence-corrected chi connectivity index (χ3v) is 5.08. The minimum atomic E-state index is -3.47. The lowest BCUT2D eigenvalue weighted by molar-refractivity contribution is -0.116. The number of ether oxygens (including phenoxy) is 1. The summed E-state index contributed by atoms with van der Waals surface area (Å²) in [5.41, 5.74) is 1.15. The van der Waals surface area contributed by atoms with Gasteiger partial charge in [0.25, 0.3) is 0 Å². The predicted molar refractivity (Wildman–Crippen MR) is 104 cm³/mol. The molecule has 6 nitrogen and oxygen atoms in total. The Morgan fingerprint density at radius 2 is 1.88 bits per heavy atom. The van der Waals surface area contributed by atoms with Crippen LogP contribution in [0.5, 0.6) is 5.75 Å². The zero-order chi connectivity index (χ0) is 19.2. The van der Waals surface area contributed by atoms with Gasteiger partial charge in [0.2, 0.25) is 15.9 Å². The van der Waals surface area contributed by atoms with Crippen LogP contribution < -0.4 is 14.4 Å². The van der Waals surface area contributed by atoms with Gasteiger partial charge in [0.05, 0.1) is 19.1 Å². The predicted octanol–water partition coefficient (Wildman–Crippen LogP) is 3.53. The maximum absolute atomic E-state index is 12.1. The molecule has 140 valence electrons. The van der Waals surface area contributed by atoms with E-state index in [4.69, 9.17) is 16.3 Å². The summed E-state index contributed by atoms with van der Waals surface area (Å²) in [6, 6.07) is 13.6. The van der Waals surface area contributed by atoms with Crippen LogP contribution in [-0.2, 0) is 14.8 Å². The van der Waals surface area contributed by atoms with Crippen LogP contribution >= 0.6 is 11.6 Å². The number of hydrogen-bond acceptors (Lipinski definition) is 4. The van der Waals surface area contributed by atoms with Gasteiger partial charge in [-0.25, -0.2) is 8.42 Å². The first-order valence-electron chi connectivity index (χ1n) is 7.97. The standard InChI is InChI=1S/C18H21ClN2O4S/c1-25-17-6-3-5-16(13-17)21(26(2,23)24)12-4-7-18(22)20-15-10-8-14(19)9-11-15/h3,5-6,8-11,13H,4,7,12H2,1-2H3,(H,20,22). The highest BCUT2D eigenvalue weighted by Crippen LogP contribution is 2.23. The number of carbonyl (C=O) groups excluding carboxylic acids is 1. The van der Waals surface area contributed by atoms with Gasteiger partial charge in [0, 0.05) is 29.7 Å². The number of carbonyl (C=O) groups is 1. The number of amides is 1. The number of benzene rings is 2. The smallest absolute Gasteiger partial charge is 0.232 e. The number of sulfonamides is 1. The van der Waals surface area contributed by atoms with Crippen LogP contribution in [0.4, 0.5) is 11.4 Å². The number of anilines is 2. The second-order valence-electron chi connectivity index (χ2n) is 5.70. The fourth-order valence-corrected chi connectivity index (χ4v) is 3.48. The monoisotopic (exact) mass is 396 g/mol. The molecule has 0 saturated carbocycles. The van der Waals surface area contributed by atoms with Crippen LogP contribution in [0, 0.1) is 0 Å². The number of methoxy groups -OCH3 is 1. The van der Waals surface area contributed by atoms with Gasteiger partial charge in [-0.1, -0.05) is 17.7 Å². The minimum Gasteiger partial charge on any atom is -0.497 e. The topological polar surface area (TPSA) is 75.7 Å². The lowest BCUT2D eigenvalue weighted by atomic mass is 10.2. The van der Waals surface area contributed by atoms with Crippen molar-refractivity contribution in [3.63, 3.8) is 0 Å². The minimum absolute atomic E-state index is 0.189. The molecule has 0 atom stereocenters. The average molecular weight is 397 g/mol. The first kappa shape index (κ1) is 20.1. The molecule has 1 amide bonds. The highest BCUT2D eigenvalue weighted by Gasteiger charge is 2.18. The zero-order valence-electron chi connectivity index (χ0n) is 14.6. The molecule has 2 aromatic rings. The Labute approximate surface area is 158 Å². The lowest BCUT2D eigenvalue weighted by Gasteiger charge is -2.22. The van der Waals surface area contributed by atoms with Crippen molar-refractivity contribution in [3.05, 3.63) is 53.6 Å².